The number of nitrogens with zero attached hydrogens (tertiary/aromatic N) is 1. The highest BCUT2D eigenvalue weighted by Gasteiger charge is 2.54. The summed E-state index contributed by atoms with van der Waals surface area (Å²) in [6, 6.07) is 12.9. The number of rotatable bonds is 6. The van der Waals surface area contributed by atoms with Crippen molar-refractivity contribution in [2.75, 3.05) is 13.7 Å². The van der Waals surface area contributed by atoms with Gasteiger partial charge in [0.1, 0.15) is 30.2 Å². The van der Waals surface area contributed by atoms with Crippen molar-refractivity contribution in [2.45, 2.75) is 50.0 Å². The summed E-state index contributed by atoms with van der Waals surface area (Å²) < 4.78 is 10.8. The molecule has 0 aliphatic carbocycles. The van der Waals surface area contributed by atoms with Crippen LogP contribution in [0, 0.1) is 11.3 Å². The topological polar surface area (TPSA) is 143 Å². The van der Waals surface area contributed by atoms with Gasteiger partial charge in [0, 0.05) is 0 Å². The summed E-state index contributed by atoms with van der Waals surface area (Å²) in [7, 11) is 1.33. The summed E-state index contributed by atoms with van der Waals surface area (Å²) in [5.41, 5.74) is 2.95. The maximum Gasteiger partial charge on any atom is 0.226 e. The fourth-order valence-corrected chi connectivity index (χ4v) is 3.81. The van der Waals surface area contributed by atoms with Gasteiger partial charge in [-0.1, -0.05) is 31.2 Å². The third kappa shape index (κ3) is 4.29. The molecule has 3 rings (SSSR count). The van der Waals surface area contributed by atoms with E-state index < -0.39 is 36.8 Å². The highest BCUT2D eigenvalue weighted by atomic mass is 16.7. The van der Waals surface area contributed by atoms with Gasteiger partial charge in [-0.25, -0.2) is 0 Å². The van der Waals surface area contributed by atoms with Crippen LogP contribution in [0.25, 0.3) is 0 Å². The van der Waals surface area contributed by atoms with Crippen LogP contribution in [0.15, 0.2) is 36.4 Å². The number of methoxy groups -OCH3 is 1. The molecule has 166 valence electrons. The highest BCUT2D eigenvalue weighted by Crippen LogP contribution is 2.41. The lowest BCUT2D eigenvalue weighted by Gasteiger charge is -2.45. The summed E-state index contributed by atoms with van der Waals surface area (Å²) >= 11 is 0. The number of hydrogen-bond donors (Lipinski definition) is 5. The number of nitriles is 1. The largest absolute Gasteiger partial charge is 0.496 e. The normalized spacial score (nSPS) is 28.2. The molecule has 1 aliphatic heterocycles. The first kappa shape index (κ1) is 23.2. The number of ether oxygens (including phenoxy) is 2. The maximum absolute atomic E-state index is 11.2. The quantitative estimate of drug-likeness (QED) is 0.442. The van der Waals surface area contributed by atoms with Crippen LogP contribution in [0.3, 0.4) is 0 Å². The molecule has 0 saturated carbocycles. The molecule has 2 aromatic rings. The third-order valence-corrected chi connectivity index (χ3v) is 5.72. The fourth-order valence-electron chi connectivity index (χ4n) is 3.81. The van der Waals surface area contributed by atoms with Gasteiger partial charge in [0.25, 0.3) is 0 Å². The van der Waals surface area contributed by atoms with Crippen molar-refractivity contribution in [3.05, 3.63) is 64.2 Å². The Morgan fingerprint density at radius 1 is 1.10 bits per heavy atom. The molecule has 0 aromatic heterocycles. The number of benzene rings is 2. The summed E-state index contributed by atoms with van der Waals surface area (Å²) in [5.74, 6) is -2.42. The van der Waals surface area contributed by atoms with Gasteiger partial charge >= 0.3 is 0 Å². The van der Waals surface area contributed by atoms with E-state index in [0.717, 1.165) is 12.0 Å². The van der Waals surface area contributed by atoms with Crippen molar-refractivity contribution in [1.82, 2.24) is 0 Å². The molecule has 5 N–H and O–H groups in total. The predicted molar refractivity (Wildman–Crippen MR) is 110 cm³/mol. The van der Waals surface area contributed by atoms with Gasteiger partial charge in [-0.05, 0) is 41.7 Å². The van der Waals surface area contributed by atoms with Gasteiger partial charge in [-0.15, -0.1) is 0 Å². The van der Waals surface area contributed by atoms with Crippen LogP contribution < -0.4 is 4.74 Å². The molecule has 8 nitrogen and oxygen atoms in total. The molecule has 2 aromatic carbocycles. The Kier molecular flexibility index (Phi) is 6.96. The summed E-state index contributed by atoms with van der Waals surface area (Å²) in [6.45, 7) is 1.36. The minimum absolute atomic E-state index is 0.0221. The number of aliphatic hydroxyl groups is 5. The molecular weight excluding hydrogens is 402 g/mol. The molecule has 0 radical (unpaired) electrons. The number of hydrogen-bond acceptors (Lipinski definition) is 8. The minimum Gasteiger partial charge on any atom is -0.496 e. The van der Waals surface area contributed by atoms with E-state index in [-0.39, 0.29) is 11.3 Å². The SMILES string of the molecule is CCc1ccc(Cc2cc([C@@]3(O)O[C@H](CO)[C@@H](O)[C@H](O)[C@H]3O)c(OC)cc2C#N)cc1. The summed E-state index contributed by atoms with van der Waals surface area (Å²) in [5, 5.41) is 61.1. The number of aryl methyl sites for hydroxylation is 1. The average Bonchev–Trinajstić information content (AvgIpc) is 2.80. The van der Waals surface area contributed by atoms with E-state index in [9.17, 15) is 30.8 Å². The first-order valence-corrected chi connectivity index (χ1v) is 10.0. The van der Waals surface area contributed by atoms with Crippen LogP contribution in [-0.2, 0) is 23.4 Å². The van der Waals surface area contributed by atoms with Crippen LogP contribution in [0.4, 0.5) is 0 Å². The van der Waals surface area contributed by atoms with Crippen molar-refractivity contribution in [2.24, 2.45) is 0 Å². The van der Waals surface area contributed by atoms with Gasteiger partial charge in [-0.3, -0.25) is 0 Å². The predicted octanol–water partition coefficient (Wildman–Crippen LogP) is 0.339. The van der Waals surface area contributed by atoms with E-state index in [1.54, 1.807) is 0 Å². The smallest absolute Gasteiger partial charge is 0.226 e. The summed E-state index contributed by atoms with van der Waals surface area (Å²) in [4.78, 5) is 0. The van der Waals surface area contributed by atoms with Crippen molar-refractivity contribution >= 4 is 0 Å². The Morgan fingerprint density at radius 3 is 2.29 bits per heavy atom. The molecule has 0 amide bonds. The first-order chi connectivity index (χ1) is 14.8. The van der Waals surface area contributed by atoms with E-state index in [1.807, 2.05) is 24.3 Å². The lowest BCUT2D eigenvalue weighted by Crippen LogP contribution is -2.63. The Bertz CT molecular complexity index is 954. The molecule has 1 heterocycles. The fraction of sp³-hybridized carbons (Fsp3) is 0.435. The summed E-state index contributed by atoms with van der Waals surface area (Å²) in [6.07, 6.45) is -5.37. The molecule has 1 fully saturated rings. The highest BCUT2D eigenvalue weighted by molar-refractivity contribution is 5.51. The zero-order valence-electron chi connectivity index (χ0n) is 17.4. The van der Waals surface area contributed by atoms with Crippen LogP contribution in [-0.4, -0.2) is 63.7 Å². The van der Waals surface area contributed by atoms with Crippen LogP contribution in [0.1, 0.15) is 34.7 Å². The van der Waals surface area contributed by atoms with Gasteiger partial charge in [0.05, 0.1) is 30.9 Å². The minimum atomic E-state index is -2.48. The van der Waals surface area contributed by atoms with Crippen LogP contribution in [0.2, 0.25) is 0 Å². The van der Waals surface area contributed by atoms with Crippen molar-refractivity contribution in [1.29, 1.82) is 5.26 Å². The third-order valence-electron chi connectivity index (χ3n) is 5.72. The van der Waals surface area contributed by atoms with E-state index in [1.165, 1.54) is 24.8 Å². The van der Waals surface area contributed by atoms with E-state index in [4.69, 9.17) is 9.47 Å². The second-order valence-electron chi connectivity index (χ2n) is 7.63. The van der Waals surface area contributed by atoms with Crippen LogP contribution in [0.5, 0.6) is 5.75 Å². The monoisotopic (exact) mass is 429 g/mol. The van der Waals surface area contributed by atoms with Gasteiger partial charge in [0.2, 0.25) is 5.79 Å². The molecule has 1 aliphatic rings. The maximum atomic E-state index is 11.2. The molecular formula is C23H27NO7. The molecule has 5 atom stereocenters. The molecule has 0 unspecified atom stereocenters. The van der Waals surface area contributed by atoms with Crippen molar-refractivity contribution in [3.8, 4) is 11.8 Å². The van der Waals surface area contributed by atoms with Crippen molar-refractivity contribution < 1.29 is 35.0 Å². The standard InChI is InChI=1S/C23H27NO7/c1-3-13-4-6-14(7-5-13)8-15-9-17(18(30-2)10-16(15)11-24)23(29)22(28)21(27)20(26)19(12-25)31-23/h4-7,9-10,19-22,25-29H,3,8,12H2,1-2H3/t19-,20-,21+,22-,23-/m1/s1. The molecule has 0 spiro atoms. The Labute approximate surface area is 180 Å². The lowest BCUT2D eigenvalue weighted by molar-refractivity contribution is -0.358. The van der Waals surface area contributed by atoms with E-state index in [0.29, 0.717) is 17.5 Å². The Hall–Kier alpha value is -2.51. The van der Waals surface area contributed by atoms with E-state index >= 15 is 0 Å². The van der Waals surface area contributed by atoms with Gasteiger partial charge in [0.15, 0.2) is 0 Å². The molecule has 31 heavy (non-hydrogen) atoms. The second kappa shape index (κ2) is 9.32. The Balaban J connectivity index is 2.08. The molecule has 0 bridgehead atoms. The second-order valence-corrected chi connectivity index (χ2v) is 7.63. The number of aliphatic hydroxyl groups excluding tert-OH is 4. The first-order valence-electron chi connectivity index (χ1n) is 10.0. The Morgan fingerprint density at radius 2 is 1.74 bits per heavy atom. The zero-order chi connectivity index (χ0) is 22.8. The lowest BCUT2D eigenvalue weighted by atomic mass is 9.85. The van der Waals surface area contributed by atoms with E-state index in [2.05, 4.69) is 13.0 Å². The van der Waals surface area contributed by atoms with Gasteiger partial charge in [-0.2, -0.15) is 5.26 Å². The molecule has 8 heteroatoms. The van der Waals surface area contributed by atoms with Gasteiger partial charge < -0.3 is 35.0 Å². The van der Waals surface area contributed by atoms with Crippen molar-refractivity contribution in [3.63, 3.8) is 0 Å². The van der Waals surface area contributed by atoms with Crippen LogP contribution >= 0.6 is 0 Å². The molecule has 1 saturated heterocycles. The zero-order valence-corrected chi connectivity index (χ0v) is 17.4. The average molecular weight is 429 g/mol.